The number of nitrogens with zero attached hydrogens (tertiary/aromatic N) is 4. The van der Waals surface area contributed by atoms with Gasteiger partial charge < -0.3 is 10.2 Å². The topological polar surface area (TPSA) is 79.6 Å². The fraction of sp³-hybridized carbons (Fsp3) is 0.300. The van der Waals surface area contributed by atoms with Gasteiger partial charge in [0.1, 0.15) is 0 Å². The molecule has 3 aromatic rings. The highest BCUT2D eigenvalue weighted by Gasteiger charge is 2.23. The van der Waals surface area contributed by atoms with Crippen molar-refractivity contribution in [2.75, 3.05) is 13.6 Å². The number of pyridine rings is 2. The minimum atomic E-state index is -0.301. The summed E-state index contributed by atoms with van der Waals surface area (Å²) in [6.45, 7) is 4.31. The fourth-order valence-electron chi connectivity index (χ4n) is 2.81. The van der Waals surface area contributed by atoms with E-state index < -0.39 is 0 Å². The molecule has 0 radical (unpaired) electrons. The van der Waals surface area contributed by atoms with Gasteiger partial charge in [-0.1, -0.05) is 6.07 Å². The molecule has 7 nitrogen and oxygen atoms in total. The first-order chi connectivity index (χ1) is 13.0. The second-order valence-electron chi connectivity index (χ2n) is 6.70. The van der Waals surface area contributed by atoms with Crippen molar-refractivity contribution in [2.24, 2.45) is 0 Å². The van der Waals surface area contributed by atoms with E-state index in [-0.39, 0.29) is 29.4 Å². The highest BCUT2D eigenvalue weighted by atomic mass is 16.2. The molecule has 27 heavy (non-hydrogen) atoms. The average molecular weight is 365 g/mol. The van der Waals surface area contributed by atoms with Crippen molar-refractivity contribution in [1.29, 1.82) is 0 Å². The van der Waals surface area contributed by atoms with Crippen LogP contribution in [0.3, 0.4) is 0 Å². The van der Waals surface area contributed by atoms with E-state index >= 15 is 0 Å². The summed E-state index contributed by atoms with van der Waals surface area (Å²) in [6, 6.07) is 9.27. The maximum absolute atomic E-state index is 12.9. The summed E-state index contributed by atoms with van der Waals surface area (Å²) >= 11 is 0. The molecule has 0 atom stereocenters. The summed E-state index contributed by atoms with van der Waals surface area (Å²) in [5.41, 5.74) is 2.00. The van der Waals surface area contributed by atoms with Crippen molar-refractivity contribution < 1.29 is 9.59 Å². The van der Waals surface area contributed by atoms with E-state index in [1.165, 1.54) is 0 Å². The van der Waals surface area contributed by atoms with Gasteiger partial charge in [-0.15, -0.1) is 0 Å². The third-order valence-corrected chi connectivity index (χ3v) is 4.21. The first-order valence-corrected chi connectivity index (χ1v) is 8.89. The van der Waals surface area contributed by atoms with E-state index in [9.17, 15) is 9.59 Å². The van der Waals surface area contributed by atoms with Crippen LogP contribution in [0.25, 0.3) is 5.52 Å². The molecule has 0 spiro atoms. The van der Waals surface area contributed by atoms with Gasteiger partial charge in [0, 0.05) is 38.2 Å². The highest BCUT2D eigenvalue weighted by molar-refractivity contribution is 6.02. The Hall–Kier alpha value is -3.22. The Morgan fingerprint density at radius 1 is 1.19 bits per heavy atom. The number of hydrogen-bond donors (Lipinski definition) is 1. The summed E-state index contributed by atoms with van der Waals surface area (Å²) in [7, 11) is 1.74. The molecule has 0 aromatic carbocycles. The number of aromatic nitrogens is 3. The Bertz CT molecular complexity index is 949. The predicted octanol–water partition coefficient (Wildman–Crippen LogP) is 2.18. The smallest absolute Gasteiger partial charge is 0.287 e. The molecule has 0 fully saturated rings. The Kier molecular flexibility index (Phi) is 5.49. The number of hydrogen-bond acceptors (Lipinski definition) is 4. The van der Waals surface area contributed by atoms with Gasteiger partial charge in [0.05, 0.1) is 5.52 Å². The van der Waals surface area contributed by atoms with Crippen molar-refractivity contribution in [2.45, 2.75) is 26.3 Å². The zero-order valence-corrected chi connectivity index (χ0v) is 15.7. The van der Waals surface area contributed by atoms with Crippen LogP contribution in [0.1, 0.15) is 40.5 Å². The standard InChI is InChI=1S/C20H23N5O2/c1-14(2)22-19(26)18-23-17(16-6-4-5-12-25(16)18)20(27)24(3)13-9-15-7-10-21-11-8-15/h4-8,10-12,14H,9,13H2,1-3H3,(H,22,26). The van der Waals surface area contributed by atoms with Crippen molar-refractivity contribution in [3.63, 3.8) is 0 Å². The molecule has 3 aromatic heterocycles. The van der Waals surface area contributed by atoms with Gasteiger partial charge in [0.15, 0.2) is 5.69 Å². The molecule has 140 valence electrons. The number of imidazole rings is 1. The molecule has 0 aliphatic rings. The summed E-state index contributed by atoms with van der Waals surface area (Å²) in [5, 5.41) is 2.83. The predicted molar refractivity (Wildman–Crippen MR) is 103 cm³/mol. The monoisotopic (exact) mass is 365 g/mol. The Morgan fingerprint density at radius 2 is 1.93 bits per heavy atom. The zero-order valence-electron chi connectivity index (χ0n) is 15.7. The largest absolute Gasteiger partial charge is 0.347 e. The summed E-state index contributed by atoms with van der Waals surface area (Å²) in [5.74, 6) is -0.300. The lowest BCUT2D eigenvalue weighted by Crippen LogP contribution is -2.32. The van der Waals surface area contributed by atoms with Crippen LogP contribution in [-0.2, 0) is 6.42 Å². The third kappa shape index (κ3) is 4.13. The molecule has 7 heteroatoms. The minimum Gasteiger partial charge on any atom is -0.347 e. The molecule has 0 saturated carbocycles. The van der Waals surface area contributed by atoms with Crippen molar-refractivity contribution >= 4 is 17.3 Å². The Labute approximate surface area is 158 Å². The molecular formula is C20H23N5O2. The molecule has 1 N–H and O–H groups in total. The summed E-state index contributed by atoms with van der Waals surface area (Å²) in [4.78, 5) is 35.4. The van der Waals surface area contributed by atoms with Crippen LogP contribution >= 0.6 is 0 Å². The van der Waals surface area contributed by atoms with Crippen LogP contribution in [0.2, 0.25) is 0 Å². The molecular weight excluding hydrogens is 342 g/mol. The maximum Gasteiger partial charge on any atom is 0.287 e. The van der Waals surface area contributed by atoms with Crippen molar-refractivity contribution in [3.05, 3.63) is 66.0 Å². The van der Waals surface area contributed by atoms with E-state index in [0.29, 0.717) is 12.1 Å². The van der Waals surface area contributed by atoms with Gasteiger partial charge in [-0.05, 0) is 50.1 Å². The van der Waals surface area contributed by atoms with Crippen molar-refractivity contribution in [1.82, 2.24) is 24.6 Å². The second-order valence-corrected chi connectivity index (χ2v) is 6.70. The molecule has 0 unspecified atom stereocenters. The maximum atomic E-state index is 12.9. The fourth-order valence-corrected chi connectivity index (χ4v) is 2.81. The SMILES string of the molecule is CC(C)NC(=O)c1nc(C(=O)N(C)CCc2ccncc2)c2ccccn12. The lowest BCUT2D eigenvalue weighted by Gasteiger charge is -2.16. The van der Waals surface area contributed by atoms with Gasteiger partial charge in [0.2, 0.25) is 5.82 Å². The minimum absolute atomic E-state index is 0.0178. The van der Waals surface area contributed by atoms with E-state index in [0.717, 1.165) is 12.0 Å². The second kappa shape index (κ2) is 7.99. The Morgan fingerprint density at radius 3 is 2.63 bits per heavy atom. The quantitative estimate of drug-likeness (QED) is 0.726. The van der Waals surface area contributed by atoms with Gasteiger partial charge in [-0.2, -0.15) is 0 Å². The number of carbonyl (C=O) groups is 2. The average Bonchev–Trinajstić information content (AvgIpc) is 3.05. The molecule has 0 bridgehead atoms. The lowest BCUT2D eigenvalue weighted by molar-refractivity contribution is 0.0793. The Balaban J connectivity index is 1.84. The van der Waals surface area contributed by atoms with Crippen LogP contribution in [-0.4, -0.2) is 50.7 Å². The lowest BCUT2D eigenvalue weighted by atomic mass is 10.2. The molecule has 2 amide bonds. The molecule has 0 aliphatic heterocycles. The van der Waals surface area contributed by atoms with E-state index in [1.807, 2.05) is 38.1 Å². The number of nitrogens with one attached hydrogen (secondary N) is 1. The number of fused-ring (bicyclic) bond motifs is 1. The van der Waals surface area contributed by atoms with Crippen LogP contribution in [0.15, 0.2) is 48.9 Å². The van der Waals surface area contributed by atoms with Gasteiger partial charge in [-0.3, -0.25) is 19.0 Å². The van der Waals surface area contributed by atoms with Gasteiger partial charge in [0.25, 0.3) is 11.8 Å². The van der Waals surface area contributed by atoms with E-state index in [2.05, 4.69) is 15.3 Å². The van der Waals surface area contributed by atoms with Gasteiger partial charge >= 0.3 is 0 Å². The summed E-state index contributed by atoms with van der Waals surface area (Å²) in [6.07, 6.45) is 5.93. The van der Waals surface area contributed by atoms with Crippen molar-refractivity contribution in [3.8, 4) is 0 Å². The van der Waals surface area contributed by atoms with Crippen LogP contribution in [0.4, 0.5) is 0 Å². The number of amides is 2. The van der Waals surface area contributed by atoms with E-state index in [4.69, 9.17) is 0 Å². The molecule has 3 heterocycles. The normalized spacial score (nSPS) is 11.0. The first kappa shape index (κ1) is 18.6. The van der Waals surface area contributed by atoms with Crippen LogP contribution in [0.5, 0.6) is 0 Å². The summed E-state index contributed by atoms with van der Waals surface area (Å²) < 4.78 is 1.65. The van der Waals surface area contributed by atoms with E-state index in [1.54, 1.807) is 41.0 Å². The number of carbonyl (C=O) groups excluding carboxylic acids is 2. The molecule has 0 aliphatic carbocycles. The van der Waals surface area contributed by atoms with Crippen LogP contribution < -0.4 is 5.32 Å². The molecule has 0 saturated heterocycles. The zero-order chi connectivity index (χ0) is 19.4. The third-order valence-electron chi connectivity index (χ3n) is 4.21. The number of likely N-dealkylation sites (N-methyl/N-ethyl adjacent to an activating group) is 1. The van der Waals surface area contributed by atoms with Crippen LogP contribution in [0, 0.1) is 0 Å². The number of rotatable bonds is 6. The first-order valence-electron chi connectivity index (χ1n) is 8.89. The molecule has 3 rings (SSSR count). The highest BCUT2D eigenvalue weighted by Crippen LogP contribution is 2.15. The van der Waals surface area contributed by atoms with Gasteiger partial charge in [-0.25, -0.2) is 4.98 Å².